The number of pyridine rings is 1. The van der Waals surface area contributed by atoms with Crippen LogP contribution in [-0.4, -0.2) is 27.3 Å². The second-order valence-electron chi connectivity index (χ2n) is 6.48. The zero-order valence-corrected chi connectivity index (χ0v) is 15.3. The summed E-state index contributed by atoms with van der Waals surface area (Å²) < 4.78 is 0. The summed E-state index contributed by atoms with van der Waals surface area (Å²) in [4.78, 5) is 11.4. The highest BCUT2D eigenvalue weighted by atomic mass is 32.2. The van der Waals surface area contributed by atoms with Gasteiger partial charge in [0.25, 0.3) is 0 Å². The van der Waals surface area contributed by atoms with Crippen molar-refractivity contribution in [1.82, 2.24) is 9.88 Å². The van der Waals surface area contributed by atoms with Gasteiger partial charge < -0.3 is 4.90 Å². The molecule has 0 saturated carbocycles. The van der Waals surface area contributed by atoms with Gasteiger partial charge in [-0.15, -0.1) is 0 Å². The number of hydrogen-bond acceptors (Lipinski definition) is 4. The van der Waals surface area contributed by atoms with Crippen molar-refractivity contribution in [1.29, 1.82) is 0 Å². The molecule has 2 aromatic rings. The Morgan fingerprint density at radius 2 is 1.88 bits per heavy atom. The lowest BCUT2D eigenvalue weighted by molar-refractivity contribution is 0.412. The van der Waals surface area contributed by atoms with Crippen molar-refractivity contribution in [3.8, 4) is 0 Å². The zero-order chi connectivity index (χ0) is 16.8. The topological polar surface area (TPSA) is 28.5 Å². The van der Waals surface area contributed by atoms with E-state index >= 15 is 0 Å². The van der Waals surface area contributed by atoms with Crippen molar-refractivity contribution < 1.29 is 0 Å². The second kappa shape index (κ2) is 8.34. The first-order chi connectivity index (χ1) is 11.7. The third kappa shape index (κ3) is 4.60. The van der Waals surface area contributed by atoms with Crippen molar-refractivity contribution in [2.45, 2.75) is 39.3 Å². The van der Waals surface area contributed by atoms with Crippen LogP contribution in [0, 0.1) is 0 Å². The molecule has 0 bridgehead atoms. The molecule has 24 heavy (non-hydrogen) atoms. The Morgan fingerprint density at radius 1 is 1.08 bits per heavy atom. The number of rotatable bonds is 5. The lowest BCUT2D eigenvalue weighted by atomic mass is 10.0. The van der Waals surface area contributed by atoms with Gasteiger partial charge in [-0.25, -0.2) is 0 Å². The fourth-order valence-electron chi connectivity index (χ4n) is 2.77. The minimum Gasteiger partial charge on any atom is -0.343 e. The number of aromatic nitrogens is 1. The smallest absolute Gasteiger partial charge is 0.159 e. The number of benzene rings is 1. The number of thioether (sulfide) groups is 1. The molecule has 2 heterocycles. The van der Waals surface area contributed by atoms with Gasteiger partial charge in [0.15, 0.2) is 5.17 Å². The van der Waals surface area contributed by atoms with E-state index in [0.717, 1.165) is 30.6 Å². The van der Waals surface area contributed by atoms with Crippen LogP contribution >= 0.6 is 11.8 Å². The van der Waals surface area contributed by atoms with Crippen molar-refractivity contribution in [3.05, 3.63) is 65.5 Å². The van der Waals surface area contributed by atoms with Crippen LogP contribution in [0.25, 0.3) is 0 Å². The Balaban J connectivity index is 1.77. The quantitative estimate of drug-likeness (QED) is 0.790. The Bertz CT molecular complexity index is 665. The maximum Gasteiger partial charge on any atom is 0.159 e. The Hall–Kier alpha value is -1.81. The average Bonchev–Trinajstić information content (AvgIpc) is 2.63. The van der Waals surface area contributed by atoms with Crippen LogP contribution in [-0.2, 0) is 13.1 Å². The minimum absolute atomic E-state index is 0.573. The molecule has 0 unspecified atom stereocenters. The molecule has 1 aromatic heterocycles. The lowest BCUT2D eigenvalue weighted by Gasteiger charge is -2.27. The van der Waals surface area contributed by atoms with E-state index in [4.69, 9.17) is 4.99 Å². The molecular formula is C20H25N3S. The molecule has 1 aliphatic heterocycles. The molecule has 0 atom stereocenters. The molecule has 0 saturated heterocycles. The van der Waals surface area contributed by atoms with Crippen LogP contribution in [0.5, 0.6) is 0 Å². The normalized spacial score (nSPS) is 14.5. The highest BCUT2D eigenvalue weighted by Gasteiger charge is 2.16. The van der Waals surface area contributed by atoms with Gasteiger partial charge in [-0.2, -0.15) is 0 Å². The molecule has 3 rings (SSSR count). The van der Waals surface area contributed by atoms with Crippen LogP contribution in [0.3, 0.4) is 0 Å². The summed E-state index contributed by atoms with van der Waals surface area (Å²) in [6.45, 7) is 7.15. The number of nitrogens with zero attached hydrogens (tertiary/aromatic N) is 3. The summed E-state index contributed by atoms with van der Waals surface area (Å²) >= 11 is 1.87. The van der Waals surface area contributed by atoms with Crippen molar-refractivity contribution in [3.63, 3.8) is 0 Å². The third-order valence-corrected chi connectivity index (χ3v) is 5.31. The van der Waals surface area contributed by atoms with Gasteiger partial charge in [-0.3, -0.25) is 9.98 Å². The van der Waals surface area contributed by atoms with Crippen LogP contribution in [0.2, 0.25) is 0 Å². The number of aliphatic imine (C=N–C) groups is 1. The molecule has 0 aliphatic carbocycles. The largest absolute Gasteiger partial charge is 0.343 e. The van der Waals surface area contributed by atoms with Crippen LogP contribution < -0.4 is 0 Å². The van der Waals surface area contributed by atoms with Crippen molar-refractivity contribution >= 4 is 16.9 Å². The van der Waals surface area contributed by atoms with Gasteiger partial charge in [0.05, 0.1) is 0 Å². The van der Waals surface area contributed by atoms with Crippen LogP contribution in [0.4, 0.5) is 0 Å². The van der Waals surface area contributed by atoms with E-state index in [1.54, 1.807) is 0 Å². The maximum absolute atomic E-state index is 4.75. The molecule has 0 N–H and O–H groups in total. The van der Waals surface area contributed by atoms with E-state index in [9.17, 15) is 0 Å². The molecule has 1 aliphatic rings. The molecular weight excluding hydrogens is 314 g/mol. The molecule has 0 amide bonds. The molecule has 0 spiro atoms. The fourth-order valence-corrected chi connectivity index (χ4v) is 3.72. The lowest BCUT2D eigenvalue weighted by Crippen LogP contribution is -2.30. The average molecular weight is 340 g/mol. The standard InChI is InChI=1S/C20H25N3S/c1-16(2)19-8-6-17(7-9-19)14-23(20-22-11-4-12-24-20)15-18-5-3-10-21-13-18/h3,5-10,13,16H,4,11-12,14-15H2,1-2H3. The monoisotopic (exact) mass is 339 g/mol. The molecule has 1 aromatic carbocycles. The minimum atomic E-state index is 0.573. The van der Waals surface area contributed by atoms with Crippen LogP contribution in [0.1, 0.15) is 42.9 Å². The first kappa shape index (κ1) is 17.0. The summed E-state index contributed by atoms with van der Waals surface area (Å²) in [6.07, 6.45) is 4.95. The zero-order valence-electron chi connectivity index (χ0n) is 14.5. The predicted octanol–water partition coefficient (Wildman–Crippen LogP) is 4.70. The highest BCUT2D eigenvalue weighted by molar-refractivity contribution is 8.13. The van der Waals surface area contributed by atoms with E-state index in [2.05, 4.69) is 54.1 Å². The van der Waals surface area contributed by atoms with Gasteiger partial charge in [0.1, 0.15) is 0 Å². The SMILES string of the molecule is CC(C)c1ccc(CN(Cc2cccnc2)C2=NCCCS2)cc1. The van der Waals surface area contributed by atoms with Crippen molar-refractivity contribution in [2.24, 2.45) is 4.99 Å². The molecule has 0 fully saturated rings. The van der Waals surface area contributed by atoms with Crippen molar-refractivity contribution in [2.75, 3.05) is 12.3 Å². The number of hydrogen-bond donors (Lipinski definition) is 0. The van der Waals surface area contributed by atoms with Gasteiger partial charge in [-0.05, 0) is 35.1 Å². The van der Waals surface area contributed by atoms with Gasteiger partial charge in [0, 0.05) is 37.8 Å². The Kier molecular flexibility index (Phi) is 5.91. The van der Waals surface area contributed by atoms with Gasteiger partial charge in [-0.1, -0.05) is 55.9 Å². The first-order valence-electron chi connectivity index (χ1n) is 8.62. The molecule has 4 heteroatoms. The Morgan fingerprint density at radius 3 is 2.50 bits per heavy atom. The Labute approximate surface area is 149 Å². The summed E-state index contributed by atoms with van der Waals surface area (Å²) in [5, 5.41) is 1.16. The van der Waals surface area contributed by atoms with E-state index in [0.29, 0.717) is 5.92 Å². The first-order valence-corrected chi connectivity index (χ1v) is 9.61. The molecule has 3 nitrogen and oxygen atoms in total. The fraction of sp³-hybridized carbons (Fsp3) is 0.400. The van der Waals surface area contributed by atoms with E-state index in [-0.39, 0.29) is 0 Å². The molecule has 126 valence electrons. The van der Waals surface area contributed by atoms with E-state index < -0.39 is 0 Å². The van der Waals surface area contributed by atoms with Crippen LogP contribution in [0.15, 0.2) is 53.8 Å². The maximum atomic E-state index is 4.75. The van der Waals surface area contributed by atoms with Gasteiger partial charge in [0.2, 0.25) is 0 Å². The third-order valence-electron chi connectivity index (χ3n) is 4.17. The predicted molar refractivity (Wildman–Crippen MR) is 103 cm³/mol. The summed E-state index contributed by atoms with van der Waals surface area (Å²) in [5.41, 5.74) is 3.95. The van der Waals surface area contributed by atoms with E-state index in [1.807, 2.05) is 30.2 Å². The van der Waals surface area contributed by atoms with E-state index in [1.165, 1.54) is 23.1 Å². The molecule has 0 radical (unpaired) electrons. The summed E-state index contributed by atoms with van der Waals surface area (Å²) in [7, 11) is 0. The highest BCUT2D eigenvalue weighted by Crippen LogP contribution is 2.21. The van der Waals surface area contributed by atoms with Gasteiger partial charge >= 0.3 is 0 Å². The number of amidine groups is 1. The summed E-state index contributed by atoms with van der Waals surface area (Å²) in [6, 6.07) is 13.1. The summed E-state index contributed by atoms with van der Waals surface area (Å²) in [5.74, 6) is 1.73. The second-order valence-corrected chi connectivity index (χ2v) is 7.54.